The third-order valence-corrected chi connectivity index (χ3v) is 2.38. The first-order valence-electron chi connectivity index (χ1n) is 5.48. The molecule has 89 valence electrons. The van der Waals surface area contributed by atoms with E-state index in [2.05, 4.69) is 31.5 Å². The molecular weight excluding hydrogens is 228 g/mol. The third-order valence-electron chi connectivity index (χ3n) is 2.38. The highest BCUT2D eigenvalue weighted by Crippen LogP contribution is 2.14. The van der Waals surface area contributed by atoms with E-state index >= 15 is 0 Å². The summed E-state index contributed by atoms with van der Waals surface area (Å²) < 4.78 is 1.81. The smallest absolute Gasteiger partial charge is 0.235 e. The lowest BCUT2D eigenvalue weighted by molar-refractivity contribution is 0.920. The quantitative estimate of drug-likeness (QED) is 0.731. The Kier molecular flexibility index (Phi) is 2.53. The molecule has 6 nitrogen and oxygen atoms in total. The van der Waals surface area contributed by atoms with Crippen molar-refractivity contribution in [3.8, 4) is 5.95 Å². The molecular formula is C12H11N6. The van der Waals surface area contributed by atoms with Crippen LogP contribution in [0.2, 0.25) is 0 Å². The van der Waals surface area contributed by atoms with Crippen molar-refractivity contribution in [3.63, 3.8) is 0 Å². The Balaban J connectivity index is 1.96. The van der Waals surface area contributed by atoms with Gasteiger partial charge in [-0.1, -0.05) is 0 Å². The Bertz CT molecular complexity index is 627. The van der Waals surface area contributed by atoms with Crippen molar-refractivity contribution in [1.29, 1.82) is 0 Å². The number of nitrogens with zero attached hydrogens (tertiary/aromatic N) is 4. The maximum Gasteiger partial charge on any atom is 0.235 e. The van der Waals surface area contributed by atoms with E-state index in [0.29, 0.717) is 11.8 Å². The number of H-pyrrole nitrogens is 1. The number of aryl methyl sites for hydroxylation is 1. The van der Waals surface area contributed by atoms with Crippen LogP contribution in [0.3, 0.4) is 0 Å². The molecule has 3 rings (SSSR count). The fraction of sp³-hybridized carbons (Fsp3) is 0.0833. The molecule has 0 aliphatic heterocycles. The molecule has 0 aliphatic carbocycles. The van der Waals surface area contributed by atoms with E-state index in [1.165, 1.54) is 0 Å². The molecule has 0 aromatic carbocycles. The molecule has 0 fully saturated rings. The lowest BCUT2D eigenvalue weighted by Crippen LogP contribution is -2.03. The molecule has 6 heteroatoms. The van der Waals surface area contributed by atoms with Gasteiger partial charge in [0.15, 0.2) is 5.82 Å². The number of anilines is 2. The van der Waals surface area contributed by atoms with Gasteiger partial charge >= 0.3 is 0 Å². The number of aromatic nitrogens is 5. The van der Waals surface area contributed by atoms with Crippen LogP contribution in [0, 0.1) is 13.0 Å². The van der Waals surface area contributed by atoms with Crippen molar-refractivity contribution >= 4 is 11.6 Å². The average Bonchev–Trinajstić information content (AvgIpc) is 3.00. The van der Waals surface area contributed by atoms with E-state index in [9.17, 15) is 0 Å². The minimum absolute atomic E-state index is 0.606. The van der Waals surface area contributed by atoms with Gasteiger partial charge in [-0.2, -0.15) is 10.1 Å². The van der Waals surface area contributed by atoms with Crippen LogP contribution in [0.15, 0.2) is 36.8 Å². The molecule has 2 N–H and O–H groups in total. The summed E-state index contributed by atoms with van der Waals surface area (Å²) in [6.07, 6.45) is 5.39. The number of rotatable bonds is 3. The van der Waals surface area contributed by atoms with Crippen molar-refractivity contribution in [2.75, 3.05) is 5.32 Å². The van der Waals surface area contributed by atoms with Gasteiger partial charge < -0.3 is 5.32 Å². The van der Waals surface area contributed by atoms with Crippen molar-refractivity contribution in [2.45, 2.75) is 6.92 Å². The maximum absolute atomic E-state index is 4.42. The minimum Gasteiger partial charge on any atom is -0.323 e. The molecule has 0 spiro atoms. The van der Waals surface area contributed by atoms with Gasteiger partial charge in [0.1, 0.15) is 5.82 Å². The van der Waals surface area contributed by atoms with Gasteiger partial charge in [0, 0.05) is 42.5 Å². The number of nitrogens with one attached hydrogen (secondary N) is 2. The summed E-state index contributed by atoms with van der Waals surface area (Å²) in [7, 11) is 0. The van der Waals surface area contributed by atoms with Gasteiger partial charge in [0.2, 0.25) is 5.95 Å². The molecule has 0 saturated heterocycles. The Morgan fingerprint density at radius 3 is 3.00 bits per heavy atom. The Hall–Kier alpha value is -2.63. The van der Waals surface area contributed by atoms with Crippen LogP contribution in [0.1, 0.15) is 5.69 Å². The predicted molar refractivity (Wildman–Crippen MR) is 66.8 cm³/mol. The molecule has 1 radical (unpaired) electrons. The number of hydrogen-bond donors (Lipinski definition) is 2. The number of aromatic amines is 1. The van der Waals surface area contributed by atoms with Crippen LogP contribution in [0.4, 0.5) is 11.6 Å². The van der Waals surface area contributed by atoms with Crippen LogP contribution >= 0.6 is 0 Å². The van der Waals surface area contributed by atoms with E-state index in [1.54, 1.807) is 12.4 Å². The zero-order chi connectivity index (χ0) is 12.4. The SMILES string of the molecule is Cc1cc(Nc2cc[nH]n2)nc(-n2c[c]cc2)n1. The molecule has 18 heavy (non-hydrogen) atoms. The van der Waals surface area contributed by atoms with Gasteiger partial charge in [-0.3, -0.25) is 9.67 Å². The summed E-state index contributed by atoms with van der Waals surface area (Å²) in [5, 5.41) is 9.87. The van der Waals surface area contributed by atoms with E-state index in [1.807, 2.05) is 35.9 Å². The third kappa shape index (κ3) is 2.08. The second kappa shape index (κ2) is 4.33. The second-order valence-electron chi connectivity index (χ2n) is 3.80. The molecule has 0 amide bonds. The summed E-state index contributed by atoms with van der Waals surface area (Å²) in [6, 6.07) is 8.47. The lowest BCUT2D eigenvalue weighted by atomic mass is 10.4. The normalized spacial score (nSPS) is 10.5. The summed E-state index contributed by atoms with van der Waals surface area (Å²) in [4.78, 5) is 8.79. The van der Waals surface area contributed by atoms with E-state index in [4.69, 9.17) is 0 Å². The molecule has 3 aromatic heterocycles. The van der Waals surface area contributed by atoms with Crippen LogP contribution in [-0.2, 0) is 0 Å². The van der Waals surface area contributed by atoms with E-state index in [0.717, 1.165) is 11.5 Å². The van der Waals surface area contributed by atoms with Crippen LogP contribution in [0.5, 0.6) is 0 Å². The van der Waals surface area contributed by atoms with Gasteiger partial charge in [-0.25, -0.2) is 4.98 Å². The van der Waals surface area contributed by atoms with Crippen molar-refractivity contribution < 1.29 is 0 Å². The summed E-state index contributed by atoms with van der Waals surface area (Å²) >= 11 is 0. The van der Waals surface area contributed by atoms with Gasteiger partial charge in [-0.05, 0) is 13.0 Å². The monoisotopic (exact) mass is 239 g/mol. The van der Waals surface area contributed by atoms with Gasteiger partial charge in [-0.15, -0.1) is 0 Å². The predicted octanol–water partition coefficient (Wildman–Crippen LogP) is 1.84. The molecule has 0 unspecified atom stereocenters. The summed E-state index contributed by atoms with van der Waals surface area (Å²) in [6.45, 7) is 1.92. The lowest BCUT2D eigenvalue weighted by Gasteiger charge is -2.06. The van der Waals surface area contributed by atoms with Crippen molar-refractivity contribution in [1.82, 2.24) is 24.7 Å². The maximum atomic E-state index is 4.42. The molecule has 0 aliphatic rings. The second-order valence-corrected chi connectivity index (χ2v) is 3.80. The average molecular weight is 239 g/mol. The fourth-order valence-corrected chi connectivity index (χ4v) is 1.61. The zero-order valence-corrected chi connectivity index (χ0v) is 9.75. The molecule has 0 saturated carbocycles. The first-order chi connectivity index (χ1) is 8.81. The topological polar surface area (TPSA) is 71.4 Å². The number of hydrogen-bond acceptors (Lipinski definition) is 4. The van der Waals surface area contributed by atoms with E-state index < -0.39 is 0 Å². The molecule has 0 atom stereocenters. The first kappa shape index (κ1) is 10.5. The Morgan fingerprint density at radius 1 is 1.33 bits per heavy atom. The first-order valence-corrected chi connectivity index (χ1v) is 5.48. The summed E-state index contributed by atoms with van der Waals surface area (Å²) in [5.41, 5.74) is 0.881. The Labute approximate surface area is 104 Å². The van der Waals surface area contributed by atoms with Crippen molar-refractivity contribution in [2.24, 2.45) is 0 Å². The summed E-state index contributed by atoms with van der Waals surface area (Å²) in [5.74, 6) is 2.03. The van der Waals surface area contributed by atoms with Crippen LogP contribution in [0.25, 0.3) is 5.95 Å². The van der Waals surface area contributed by atoms with E-state index in [-0.39, 0.29) is 0 Å². The van der Waals surface area contributed by atoms with Gasteiger partial charge in [0.05, 0.1) is 0 Å². The van der Waals surface area contributed by atoms with Crippen LogP contribution < -0.4 is 5.32 Å². The van der Waals surface area contributed by atoms with Crippen LogP contribution in [-0.4, -0.2) is 24.7 Å². The Morgan fingerprint density at radius 2 is 2.28 bits per heavy atom. The standard InChI is InChI=1S/C12H11N6/c1-9-8-11(15-10-4-5-13-17-10)16-12(14-9)18-6-2-3-7-18/h2,4-8H,1H3,(H2,13,14,15,16,17). The zero-order valence-electron chi connectivity index (χ0n) is 9.75. The van der Waals surface area contributed by atoms with Gasteiger partial charge in [0.25, 0.3) is 0 Å². The largest absolute Gasteiger partial charge is 0.323 e. The van der Waals surface area contributed by atoms with Crippen molar-refractivity contribution in [3.05, 3.63) is 48.5 Å². The highest BCUT2D eigenvalue weighted by Gasteiger charge is 2.04. The minimum atomic E-state index is 0.606. The highest BCUT2D eigenvalue weighted by atomic mass is 15.2. The molecule has 0 bridgehead atoms. The highest BCUT2D eigenvalue weighted by molar-refractivity contribution is 5.51. The molecule has 3 aromatic rings. The molecule has 3 heterocycles. The fourth-order valence-electron chi connectivity index (χ4n) is 1.61.